The third-order valence-corrected chi connectivity index (χ3v) is 2.21. The number of rotatable bonds is 5. The van der Waals surface area contributed by atoms with Crippen LogP contribution in [0.5, 0.6) is 0 Å². The molecule has 0 aromatic rings. The van der Waals surface area contributed by atoms with Crippen LogP contribution in [0.4, 0.5) is 0 Å². The van der Waals surface area contributed by atoms with Gasteiger partial charge in [-0.15, -0.1) is 0 Å². The average molecular weight is 201 g/mol. The first kappa shape index (κ1) is 11.5. The van der Waals surface area contributed by atoms with Gasteiger partial charge >= 0.3 is 5.97 Å². The number of nitrogens with one attached hydrogen (secondary N) is 1. The summed E-state index contributed by atoms with van der Waals surface area (Å²) in [4.78, 5) is 11.4. The van der Waals surface area contributed by atoms with E-state index in [1.54, 1.807) is 0 Å². The quantitative estimate of drug-likeness (QED) is 0.665. The fourth-order valence-corrected chi connectivity index (χ4v) is 1.51. The monoisotopic (exact) mass is 201 g/mol. The number of carbonyl (C=O) groups excluding carboxylic acids is 1. The van der Waals surface area contributed by atoms with Gasteiger partial charge in [-0.2, -0.15) is 0 Å². The highest BCUT2D eigenvalue weighted by Crippen LogP contribution is 2.09. The van der Waals surface area contributed by atoms with Gasteiger partial charge in [0.2, 0.25) is 0 Å². The third-order valence-electron chi connectivity index (χ3n) is 2.21. The van der Waals surface area contributed by atoms with Crippen molar-refractivity contribution in [1.82, 2.24) is 5.32 Å². The number of carbonyl (C=O) groups is 1. The van der Waals surface area contributed by atoms with Crippen molar-refractivity contribution in [3.8, 4) is 0 Å². The molecule has 1 heterocycles. The van der Waals surface area contributed by atoms with E-state index >= 15 is 0 Å². The van der Waals surface area contributed by atoms with E-state index in [-0.39, 0.29) is 18.1 Å². The molecule has 1 rings (SSSR count). The second kappa shape index (κ2) is 5.98. The molecule has 0 aromatic heterocycles. The zero-order valence-electron chi connectivity index (χ0n) is 8.91. The number of esters is 1. The van der Waals surface area contributed by atoms with E-state index < -0.39 is 0 Å². The molecule has 14 heavy (non-hydrogen) atoms. The summed E-state index contributed by atoms with van der Waals surface area (Å²) in [6, 6.07) is 0.190. The largest absolute Gasteiger partial charge is 0.460 e. The van der Waals surface area contributed by atoms with Crippen molar-refractivity contribution in [1.29, 1.82) is 0 Å². The molecule has 0 amide bonds. The van der Waals surface area contributed by atoms with E-state index in [1.807, 2.05) is 13.8 Å². The van der Waals surface area contributed by atoms with Crippen LogP contribution in [0.3, 0.4) is 0 Å². The Kier molecular flexibility index (Phi) is 4.90. The fourth-order valence-electron chi connectivity index (χ4n) is 1.51. The van der Waals surface area contributed by atoms with Gasteiger partial charge in [0.1, 0.15) is 6.10 Å². The van der Waals surface area contributed by atoms with Crippen LogP contribution in [0.25, 0.3) is 0 Å². The smallest absolute Gasteiger partial charge is 0.307 e. The minimum atomic E-state index is -0.131. The Morgan fingerprint density at radius 3 is 3.07 bits per heavy atom. The van der Waals surface area contributed by atoms with Crippen molar-refractivity contribution in [2.24, 2.45) is 0 Å². The normalized spacial score (nSPS) is 23.4. The molecule has 82 valence electrons. The lowest BCUT2D eigenvalue weighted by molar-refractivity contribution is -0.149. The van der Waals surface area contributed by atoms with Gasteiger partial charge in [-0.1, -0.05) is 6.92 Å². The van der Waals surface area contributed by atoms with Crippen molar-refractivity contribution < 1.29 is 14.3 Å². The van der Waals surface area contributed by atoms with Gasteiger partial charge in [-0.3, -0.25) is 4.79 Å². The molecular formula is C10H19NO3. The maximum atomic E-state index is 11.4. The maximum Gasteiger partial charge on any atom is 0.307 e. The van der Waals surface area contributed by atoms with Crippen LogP contribution in [0.15, 0.2) is 0 Å². The summed E-state index contributed by atoms with van der Waals surface area (Å²) in [5.74, 6) is -0.131. The lowest BCUT2D eigenvalue weighted by Crippen LogP contribution is -2.30. The zero-order chi connectivity index (χ0) is 10.4. The van der Waals surface area contributed by atoms with Crippen LogP contribution < -0.4 is 5.32 Å². The van der Waals surface area contributed by atoms with Gasteiger partial charge in [-0.05, 0) is 13.5 Å². The summed E-state index contributed by atoms with van der Waals surface area (Å²) >= 11 is 0. The van der Waals surface area contributed by atoms with Crippen molar-refractivity contribution >= 4 is 5.97 Å². The molecule has 1 aliphatic rings. The summed E-state index contributed by atoms with van der Waals surface area (Å²) in [5.41, 5.74) is 0. The summed E-state index contributed by atoms with van der Waals surface area (Å²) < 4.78 is 10.3. The zero-order valence-corrected chi connectivity index (χ0v) is 8.91. The van der Waals surface area contributed by atoms with Gasteiger partial charge in [0, 0.05) is 12.5 Å². The van der Waals surface area contributed by atoms with Crippen LogP contribution in [0, 0.1) is 0 Å². The molecule has 4 heteroatoms. The Labute approximate surface area is 85.0 Å². The molecule has 0 aliphatic carbocycles. The molecule has 1 fully saturated rings. The van der Waals surface area contributed by atoms with E-state index in [1.165, 1.54) is 0 Å². The summed E-state index contributed by atoms with van der Waals surface area (Å²) in [7, 11) is 0. The molecule has 0 spiro atoms. The van der Waals surface area contributed by atoms with Gasteiger partial charge in [0.25, 0.3) is 0 Å². The molecule has 2 unspecified atom stereocenters. The number of hydrogen-bond acceptors (Lipinski definition) is 4. The first-order chi connectivity index (χ1) is 6.72. The van der Waals surface area contributed by atoms with E-state index in [4.69, 9.17) is 9.47 Å². The molecule has 0 bridgehead atoms. The van der Waals surface area contributed by atoms with Gasteiger partial charge < -0.3 is 14.8 Å². The highest BCUT2D eigenvalue weighted by molar-refractivity contribution is 5.70. The second-order valence-electron chi connectivity index (χ2n) is 3.64. The minimum absolute atomic E-state index is 0.0173. The van der Waals surface area contributed by atoms with Crippen LogP contribution in [0.2, 0.25) is 0 Å². The Morgan fingerprint density at radius 1 is 1.71 bits per heavy atom. The molecular weight excluding hydrogens is 182 g/mol. The van der Waals surface area contributed by atoms with Crippen LogP contribution in [-0.4, -0.2) is 37.9 Å². The topological polar surface area (TPSA) is 47.6 Å². The van der Waals surface area contributed by atoms with Crippen molar-refractivity contribution in [2.45, 2.75) is 38.8 Å². The van der Waals surface area contributed by atoms with Gasteiger partial charge in [0.05, 0.1) is 19.6 Å². The predicted octanol–water partition coefficient (Wildman–Crippen LogP) is 0.707. The fraction of sp³-hybridized carbons (Fsp3) is 0.900. The van der Waals surface area contributed by atoms with E-state index in [0.717, 1.165) is 13.0 Å². The van der Waals surface area contributed by atoms with Crippen LogP contribution in [-0.2, 0) is 14.3 Å². The molecule has 0 saturated carbocycles. The summed E-state index contributed by atoms with van der Waals surface area (Å²) in [6.45, 7) is 6.14. The average Bonchev–Trinajstić information content (AvgIpc) is 2.56. The van der Waals surface area contributed by atoms with Crippen molar-refractivity contribution in [2.75, 3.05) is 19.8 Å². The summed E-state index contributed by atoms with van der Waals surface area (Å²) in [5, 5.41) is 3.17. The van der Waals surface area contributed by atoms with Gasteiger partial charge in [0.15, 0.2) is 0 Å². The molecule has 0 radical (unpaired) electrons. The highest BCUT2D eigenvalue weighted by Gasteiger charge is 2.20. The molecule has 1 saturated heterocycles. The Hall–Kier alpha value is -0.610. The van der Waals surface area contributed by atoms with Crippen molar-refractivity contribution in [3.05, 3.63) is 0 Å². The van der Waals surface area contributed by atoms with Crippen LogP contribution >= 0.6 is 0 Å². The first-order valence-corrected chi connectivity index (χ1v) is 5.23. The summed E-state index contributed by atoms with van der Waals surface area (Å²) in [6.07, 6.45) is 1.25. The standard InChI is InChI=1S/C10H19NO3/c1-3-11-8(2)6-10(12)14-9-4-5-13-7-9/h8-9,11H,3-7H2,1-2H3. The first-order valence-electron chi connectivity index (χ1n) is 5.23. The number of hydrogen-bond donors (Lipinski definition) is 1. The third kappa shape index (κ3) is 4.07. The lowest BCUT2D eigenvalue weighted by Gasteiger charge is -2.14. The second-order valence-corrected chi connectivity index (χ2v) is 3.64. The Bertz CT molecular complexity index is 178. The SMILES string of the molecule is CCNC(C)CC(=O)OC1CCOC1. The maximum absolute atomic E-state index is 11.4. The molecule has 1 aliphatic heterocycles. The minimum Gasteiger partial charge on any atom is -0.460 e. The van der Waals surface area contributed by atoms with E-state index in [0.29, 0.717) is 19.6 Å². The van der Waals surface area contributed by atoms with E-state index in [9.17, 15) is 4.79 Å². The Balaban J connectivity index is 2.14. The molecule has 0 aromatic carbocycles. The van der Waals surface area contributed by atoms with E-state index in [2.05, 4.69) is 5.32 Å². The predicted molar refractivity (Wildman–Crippen MR) is 53.1 cm³/mol. The highest BCUT2D eigenvalue weighted by atomic mass is 16.6. The van der Waals surface area contributed by atoms with Crippen LogP contribution in [0.1, 0.15) is 26.7 Å². The molecule has 1 N–H and O–H groups in total. The lowest BCUT2D eigenvalue weighted by atomic mass is 10.2. The van der Waals surface area contributed by atoms with Crippen molar-refractivity contribution in [3.63, 3.8) is 0 Å². The van der Waals surface area contributed by atoms with Gasteiger partial charge in [-0.25, -0.2) is 0 Å². The Morgan fingerprint density at radius 2 is 2.50 bits per heavy atom. The molecule has 2 atom stereocenters. The molecule has 4 nitrogen and oxygen atoms in total. The number of ether oxygens (including phenoxy) is 2.